The molecule has 0 radical (unpaired) electrons. The second kappa shape index (κ2) is 5.04. The Kier molecular flexibility index (Phi) is 3.61. The van der Waals surface area contributed by atoms with E-state index < -0.39 is 40.3 Å². The summed E-state index contributed by atoms with van der Waals surface area (Å²) in [5.74, 6) is -6.31. The summed E-state index contributed by atoms with van der Waals surface area (Å²) in [6.45, 7) is 1.53. The van der Waals surface area contributed by atoms with E-state index in [9.17, 15) is 17.6 Å². The molecule has 2 aromatic rings. The minimum absolute atomic E-state index is 0.0122. The number of alkyl halides is 1. The summed E-state index contributed by atoms with van der Waals surface area (Å²) in [5.41, 5.74) is -1.06. The average molecular weight is 296 g/mol. The quantitative estimate of drug-likeness (QED) is 0.533. The molecule has 0 spiro atoms. The highest BCUT2D eigenvalue weighted by atomic mass is 35.5. The normalized spacial score (nSPS) is 12.5. The first kappa shape index (κ1) is 13.6. The lowest BCUT2D eigenvalue weighted by Crippen LogP contribution is -2.03. The van der Waals surface area contributed by atoms with Crippen LogP contribution in [0.3, 0.4) is 0 Å². The standard InChI is InChI=1S/C10H6ClF4N3O/c1-3(11)9-17-18-10(19-9)16-8-6(14)4(12)2-5(13)7(8)15/h2-3H,1H3,(H,16,18). The Balaban J connectivity index is 2.37. The van der Waals surface area contributed by atoms with Crippen LogP contribution in [0.25, 0.3) is 0 Å². The predicted molar refractivity (Wildman–Crippen MR) is 58.1 cm³/mol. The Bertz CT molecular complexity index is 591. The largest absolute Gasteiger partial charge is 0.406 e. The summed E-state index contributed by atoms with van der Waals surface area (Å²) < 4.78 is 57.5. The second-order valence-corrected chi connectivity index (χ2v) is 4.18. The molecule has 9 heteroatoms. The monoisotopic (exact) mass is 295 g/mol. The molecule has 19 heavy (non-hydrogen) atoms. The molecule has 0 aliphatic carbocycles. The van der Waals surface area contributed by atoms with Crippen LogP contribution in [-0.2, 0) is 0 Å². The molecule has 0 aliphatic rings. The van der Waals surface area contributed by atoms with Gasteiger partial charge in [0.05, 0.1) is 0 Å². The Hall–Kier alpha value is -1.83. The number of hydrogen-bond donors (Lipinski definition) is 1. The first-order chi connectivity index (χ1) is 8.90. The zero-order chi connectivity index (χ0) is 14.2. The minimum Gasteiger partial charge on any atom is -0.406 e. The van der Waals surface area contributed by atoms with Crippen LogP contribution in [0.4, 0.5) is 29.3 Å². The lowest BCUT2D eigenvalue weighted by molar-refractivity contribution is 0.456. The molecule has 0 fully saturated rings. The Labute approximate surface area is 109 Å². The Morgan fingerprint density at radius 2 is 1.74 bits per heavy atom. The number of hydrogen-bond acceptors (Lipinski definition) is 4. The van der Waals surface area contributed by atoms with Crippen molar-refractivity contribution in [1.82, 2.24) is 10.2 Å². The van der Waals surface area contributed by atoms with Gasteiger partial charge in [-0.3, -0.25) is 0 Å². The van der Waals surface area contributed by atoms with Gasteiger partial charge in [0.1, 0.15) is 11.1 Å². The van der Waals surface area contributed by atoms with Gasteiger partial charge in [-0.25, -0.2) is 17.6 Å². The van der Waals surface area contributed by atoms with Crippen LogP contribution in [0.1, 0.15) is 18.2 Å². The summed E-state index contributed by atoms with van der Waals surface area (Å²) in [6.07, 6.45) is 0. The van der Waals surface area contributed by atoms with E-state index in [1.54, 1.807) is 0 Å². The van der Waals surface area contributed by atoms with Gasteiger partial charge in [0.25, 0.3) is 0 Å². The molecular weight excluding hydrogens is 290 g/mol. The maximum absolute atomic E-state index is 13.3. The van der Waals surface area contributed by atoms with Gasteiger partial charge in [-0.15, -0.1) is 16.7 Å². The van der Waals surface area contributed by atoms with E-state index in [-0.39, 0.29) is 12.0 Å². The van der Waals surface area contributed by atoms with Crippen LogP contribution in [0.15, 0.2) is 10.5 Å². The third-order valence-electron chi connectivity index (χ3n) is 2.12. The van der Waals surface area contributed by atoms with Gasteiger partial charge >= 0.3 is 6.01 Å². The molecule has 1 heterocycles. The van der Waals surface area contributed by atoms with Crippen molar-refractivity contribution in [3.05, 3.63) is 35.2 Å². The van der Waals surface area contributed by atoms with Crippen LogP contribution in [0.2, 0.25) is 0 Å². The minimum atomic E-state index is -1.60. The van der Waals surface area contributed by atoms with E-state index in [0.717, 1.165) is 0 Å². The summed E-state index contributed by atoms with van der Waals surface area (Å²) in [6, 6.07) is -0.346. The van der Waals surface area contributed by atoms with Crippen molar-refractivity contribution >= 4 is 23.3 Å². The molecule has 1 atom stereocenters. The maximum Gasteiger partial charge on any atom is 0.320 e. The van der Waals surface area contributed by atoms with Crippen LogP contribution in [0, 0.1) is 23.3 Å². The molecular formula is C10H6ClF4N3O. The summed E-state index contributed by atoms with van der Waals surface area (Å²) in [7, 11) is 0. The highest BCUT2D eigenvalue weighted by Gasteiger charge is 2.21. The van der Waals surface area contributed by atoms with E-state index in [1.165, 1.54) is 6.92 Å². The van der Waals surface area contributed by atoms with Gasteiger partial charge in [0, 0.05) is 6.07 Å². The SMILES string of the molecule is CC(Cl)c1nnc(Nc2c(F)c(F)cc(F)c2F)o1. The van der Waals surface area contributed by atoms with Crippen molar-refractivity contribution in [2.45, 2.75) is 12.3 Å². The van der Waals surface area contributed by atoms with Crippen LogP contribution >= 0.6 is 11.6 Å². The lowest BCUT2D eigenvalue weighted by Gasteiger charge is -2.06. The Morgan fingerprint density at radius 1 is 1.16 bits per heavy atom. The molecule has 0 aliphatic heterocycles. The second-order valence-electron chi connectivity index (χ2n) is 3.53. The number of nitrogens with one attached hydrogen (secondary N) is 1. The van der Waals surface area contributed by atoms with E-state index >= 15 is 0 Å². The molecule has 1 N–H and O–H groups in total. The van der Waals surface area contributed by atoms with Crippen LogP contribution in [0.5, 0.6) is 0 Å². The summed E-state index contributed by atoms with van der Waals surface area (Å²) >= 11 is 5.64. The van der Waals surface area contributed by atoms with Gasteiger partial charge in [-0.05, 0) is 6.92 Å². The molecule has 102 valence electrons. The average Bonchev–Trinajstić information content (AvgIpc) is 2.81. The molecule has 4 nitrogen and oxygen atoms in total. The first-order valence-corrected chi connectivity index (χ1v) is 5.41. The van der Waals surface area contributed by atoms with Gasteiger partial charge in [0.15, 0.2) is 23.3 Å². The van der Waals surface area contributed by atoms with Crippen molar-refractivity contribution in [1.29, 1.82) is 0 Å². The number of benzene rings is 1. The smallest absolute Gasteiger partial charge is 0.320 e. The van der Waals surface area contributed by atoms with E-state index in [4.69, 9.17) is 16.0 Å². The highest BCUT2D eigenvalue weighted by molar-refractivity contribution is 6.20. The van der Waals surface area contributed by atoms with Crippen molar-refractivity contribution < 1.29 is 22.0 Å². The highest BCUT2D eigenvalue weighted by Crippen LogP contribution is 2.28. The van der Waals surface area contributed by atoms with Gasteiger partial charge in [-0.1, -0.05) is 5.10 Å². The topological polar surface area (TPSA) is 51.0 Å². The van der Waals surface area contributed by atoms with Crippen molar-refractivity contribution in [2.75, 3.05) is 5.32 Å². The molecule has 0 saturated heterocycles. The zero-order valence-corrected chi connectivity index (χ0v) is 10.1. The molecule has 0 saturated carbocycles. The third-order valence-corrected chi connectivity index (χ3v) is 2.31. The van der Waals surface area contributed by atoms with Gasteiger partial charge in [-0.2, -0.15) is 0 Å². The fraction of sp³-hybridized carbons (Fsp3) is 0.200. The number of aromatic nitrogens is 2. The van der Waals surface area contributed by atoms with Crippen molar-refractivity contribution in [3.63, 3.8) is 0 Å². The maximum atomic E-state index is 13.3. The molecule has 0 amide bonds. The summed E-state index contributed by atoms with van der Waals surface area (Å²) in [5, 5.41) is 8.20. The molecule has 0 bridgehead atoms. The van der Waals surface area contributed by atoms with Crippen molar-refractivity contribution in [2.24, 2.45) is 0 Å². The van der Waals surface area contributed by atoms with E-state index in [1.807, 2.05) is 5.32 Å². The summed E-state index contributed by atoms with van der Waals surface area (Å²) in [4.78, 5) is 0. The first-order valence-electron chi connectivity index (χ1n) is 4.97. The fourth-order valence-corrected chi connectivity index (χ4v) is 1.32. The zero-order valence-electron chi connectivity index (χ0n) is 9.35. The Morgan fingerprint density at radius 3 is 2.21 bits per heavy atom. The van der Waals surface area contributed by atoms with Crippen molar-refractivity contribution in [3.8, 4) is 0 Å². The van der Waals surface area contributed by atoms with E-state index in [0.29, 0.717) is 0 Å². The lowest BCUT2D eigenvalue weighted by atomic mass is 10.2. The number of anilines is 2. The number of rotatable bonds is 3. The fourth-order valence-electron chi connectivity index (χ4n) is 1.24. The molecule has 1 aromatic carbocycles. The van der Waals surface area contributed by atoms with Crippen LogP contribution in [-0.4, -0.2) is 10.2 Å². The van der Waals surface area contributed by atoms with Crippen LogP contribution < -0.4 is 5.32 Å². The molecule has 1 unspecified atom stereocenters. The number of nitrogens with zero attached hydrogens (tertiary/aromatic N) is 2. The number of halogens is 5. The van der Waals surface area contributed by atoms with Gasteiger partial charge < -0.3 is 9.73 Å². The predicted octanol–water partition coefficient (Wildman–Crippen LogP) is 3.67. The van der Waals surface area contributed by atoms with E-state index in [2.05, 4.69) is 10.2 Å². The molecule has 2 rings (SSSR count). The third kappa shape index (κ3) is 2.62. The molecule has 1 aromatic heterocycles. The van der Waals surface area contributed by atoms with Gasteiger partial charge in [0.2, 0.25) is 5.89 Å².